The number of ether oxygens (including phenoxy) is 1. The van der Waals surface area contributed by atoms with E-state index < -0.39 is 5.97 Å². The molecule has 1 aliphatic heterocycles. The smallest absolute Gasteiger partial charge is 0.344 e. The van der Waals surface area contributed by atoms with E-state index in [1.54, 1.807) is 36.1 Å². The quantitative estimate of drug-likeness (QED) is 0.776. The van der Waals surface area contributed by atoms with E-state index in [4.69, 9.17) is 20.9 Å². The van der Waals surface area contributed by atoms with Gasteiger partial charge in [-0.25, -0.2) is 4.79 Å². The van der Waals surface area contributed by atoms with Gasteiger partial charge in [-0.3, -0.25) is 4.79 Å². The number of carbonyl (C=O) groups is 2. The molecule has 0 atom stereocenters. The summed E-state index contributed by atoms with van der Waals surface area (Å²) in [4.78, 5) is 25.7. The number of carbonyl (C=O) groups excluding carboxylic acids is 2. The zero-order chi connectivity index (χ0) is 17.1. The molecule has 0 radical (unpaired) electrons. The monoisotopic (exact) mass is 348 g/mol. The standard InChI is InChI=1S/C17H17ClN2O4/c1-11-15(16(19-24-11)12-5-2-3-6-13(12)18)17(22)23-10-9-20-8-4-7-14(20)21/h2-3,5-6H,4,7-10H2,1H3. The normalized spacial score (nSPS) is 14.2. The predicted octanol–water partition coefficient (Wildman–Crippen LogP) is 3.08. The van der Waals surface area contributed by atoms with Crippen LogP contribution in [-0.4, -0.2) is 41.6 Å². The Morgan fingerprint density at radius 2 is 2.21 bits per heavy atom. The van der Waals surface area contributed by atoms with Crippen molar-refractivity contribution in [3.8, 4) is 11.3 Å². The number of esters is 1. The summed E-state index contributed by atoms with van der Waals surface area (Å²) >= 11 is 6.17. The fourth-order valence-electron chi connectivity index (χ4n) is 2.71. The van der Waals surface area contributed by atoms with Gasteiger partial charge < -0.3 is 14.2 Å². The van der Waals surface area contributed by atoms with Crippen LogP contribution in [-0.2, 0) is 9.53 Å². The van der Waals surface area contributed by atoms with Crippen LogP contribution in [0.4, 0.5) is 0 Å². The maximum absolute atomic E-state index is 12.4. The summed E-state index contributed by atoms with van der Waals surface area (Å²) in [5.41, 5.74) is 1.23. The van der Waals surface area contributed by atoms with Crippen molar-refractivity contribution in [1.29, 1.82) is 0 Å². The van der Waals surface area contributed by atoms with E-state index in [1.807, 2.05) is 0 Å². The van der Waals surface area contributed by atoms with E-state index in [0.29, 0.717) is 41.6 Å². The number of benzene rings is 1. The van der Waals surface area contributed by atoms with Gasteiger partial charge in [0.05, 0.1) is 11.6 Å². The van der Waals surface area contributed by atoms with Crippen molar-refractivity contribution < 1.29 is 18.8 Å². The van der Waals surface area contributed by atoms with Crippen molar-refractivity contribution in [1.82, 2.24) is 10.1 Å². The van der Waals surface area contributed by atoms with Crippen molar-refractivity contribution in [2.24, 2.45) is 0 Å². The second-order valence-electron chi connectivity index (χ2n) is 5.56. The number of aromatic nitrogens is 1. The van der Waals surface area contributed by atoms with Crippen LogP contribution >= 0.6 is 11.6 Å². The summed E-state index contributed by atoms with van der Waals surface area (Å²) in [6, 6.07) is 7.08. The maximum Gasteiger partial charge on any atom is 0.344 e. The Hall–Kier alpha value is -2.34. The third-order valence-electron chi connectivity index (χ3n) is 3.96. The number of hydrogen-bond acceptors (Lipinski definition) is 5. The molecule has 1 fully saturated rings. The summed E-state index contributed by atoms with van der Waals surface area (Å²) in [5.74, 6) is -0.0635. The zero-order valence-electron chi connectivity index (χ0n) is 13.3. The number of halogens is 1. The third kappa shape index (κ3) is 3.28. The molecular formula is C17H17ClN2O4. The molecule has 6 nitrogen and oxygen atoms in total. The van der Waals surface area contributed by atoms with Gasteiger partial charge in [-0.1, -0.05) is 35.0 Å². The van der Waals surface area contributed by atoms with E-state index in [0.717, 1.165) is 6.42 Å². The zero-order valence-corrected chi connectivity index (χ0v) is 14.0. The highest BCUT2D eigenvalue weighted by molar-refractivity contribution is 6.33. The molecular weight excluding hydrogens is 332 g/mol. The van der Waals surface area contributed by atoms with Gasteiger partial charge in [-0.15, -0.1) is 0 Å². The largest absolute Gasteiger partial charge is 0.460 e. The van der Waals surface area contributed by atoms with Crippen molar-refractivity contribution in [2.45, 2.75) is 19.8 Å². The second-order valence-corrected chi connectivity index (χ2v) is 5.97. The minimum atomic E-state index is -0.532. The number of rotatable bonds is 5. The fourth-order valence-corrected chi connectivity index (χ4v) is 2.94. The first-order valence-electron chi connectivity index (χ1n) is 7.74. The molecule has 126 valence electrons. The Morgan fingerprint density at radius 3 is 2.92 bits per heavy atom. The number of nitrogens with zero attached hydrogens (tertiary/aromatic N) is 2. The molecule has 0 spiro atoms. The minimum Gasteiger partial charge on any atom is -0.460 e. The lowest BCUT2D eigenvalue weighted by molar-refractivity contribution is -0.128. The molecule has 7 heteroatoms. The van der Waals surface area contributed by atoms with Crippen LogP contribution in [0.15, 0.2) is 28.8 Å². The van der Waals surface area contributed by atoms with Gasteiger partial charge in [-0.2, -0.15) is 0 Å². The first-order chi connectivity index (χ1) is 11.6. The van der Waals surface area contributed by atoms with Gasteiger partial charge in [0.1, 0.15) is 23.6 Å². The molecule has 24 heavy (non-hydrogen) atoms. The van der Waals surface area contributed by atoms with Crippen molar-refractivity contribution in [3.05, 3.63) is 40.6 Å². The lowest BCUT2D eigenvalue weighted by Crippen LogP contribution is -2.29. The molecule has 2 heterocycles. The van der Waals surface area contributed by atoms with Crippen LogP contribution in [0.25, 0.3) is 11.3 Å². The highest BCUT2D eigenvalue weighted by atomic mass is 35.5. The van der Waals surface area contributed by atoms with Gasteiger partial charge in [0, 0.05) is 18.5 Å². The van der Waals surface area contributed by atoms with Crippen LogP contribution in [0.3, 0.4) is 0 Å². The molecule has 1 aromatic carbocycles. The number of amides is 1. The Labute approximate surface area is 144 Å². The summed E-state index contributed by atoms with van der Waals surface area (Å²) < 4.78 is 10.5. The van der Waals surface area contributed by atoms with Crippen molar-refractivity contribution >= 4 is 23.5 Å². The van der Waals surface area contributed by atoms with Gasteiger partial charge in [0.2, 0.25) is 5.91 Å². The van der Waals surface area contributed by atoms with Crippen molar-refractivity contribution in [3.63, 3.8) is 0 Å². The van der Waals surface area contributed by atoms with Crippen molar-refractivity contribution in [2.75, 3.05) is 19.7 Å². The summed E-state index contributed by atoms with van der Waals surface area (Å²) in [7, 11) is 0. The molecule has 3 rings (SSSR count). The Balaban J connectivity index is 1.72. The Kier molecular flexibility index (Phi) is 4.85. The van der Waals surface area contributed by atoms with Crippen LogP contribution in [0.2, 0.25) is 5.02 Å². The van der Waals surface area contributed by atoms with E-state index in [1.165, 1.54) is 0 Å². The topological polar surface area (TPSA) is 72.6 Å². The van der Waals surface area contributed by atoms with Gasteiger partial charge in [0.15, 0.2) is 0 Å². The molecule has 0 bridgehead atoms. The first kappa shape index (κ1) is 16.5. The molecule has 0 aliphatic carbocycles. The molecule has 0 N–H and O–H groups in total. The Bertz CT molecular complexity index is 772. The lowest BCUT2D eigenvalue weighted by Gasteiger charge is -2.15. The average molecular weight is 349 g/mol. The van der Waals surface area contributed by atoms with Crippen LogP contribution < -0.4 is 0 Å². The SMILES string of the molecule is Cc1onc(-c2ccccc2Cl)c1C(=O)OCCN1CCCC1=O. The number of hydrogen-bond donors (Lipinski definition) is 0. The third-order valence-corrected chi connectivity index (χ3v) is 4.29. The molecule has 1 aliphatic rings. The Morgan fingerprint density at radius 1 is 1.42 bits per heavy atom. The summed E-state index contributed by atoms with van der Waals surface area (Å²) in [6.07, 6.45) is 1.42. The molecule has 0 saturated carbocycles. The van der Waals surface area contributed by atoms with Crippen LogP contribution in [0.1, 0.15) is 29.0 Å². The summed E-state index contributed by atoms with van der Waals surface area (Å²) in [6.45, 7) is 2.90. The van der Waals surface area contributed by atoms with Crippen LogP contribution in [0.5, 0.6) is 0 Å². The highest BCUT2D eigenvalue weighted by Crippen LogP contribution is 2.31. The first-order valence-corrected chi connectivity index (χ1v) is 8.12. The van der Waals surface area contributed by atoms with E-state index in [2.05, 4.69) is 5.16 Å². The molecule has 2 aromatic rings. The van der Waals surface area contributed by atoms with Crippen LogP contribution in [0, 0.1) is 6.92 Å². The number of aryl methyl sites for hydroxylation is 1. The minimum absolute atomic E-state index is 0.101. The van der Waals surface area contributed by atoms with Gasteiger partial charge in [-0.05, 0) is 19.4 Å². The van der Waals surface area contributed by atoms with Gasteiger partial charge >= 0.3 is 5.97 Å². The second kappa shape index (κ2) is 7.05. The summed E-state index contributed by atoms with van der Waals surface area (Å²) in [5, 5.41) is 4.42. The fraction of sp³-hybridized carbons (Fsp3) is 0.353. The molecule has 0 unspecified atom stereocenters. The van der Waals surface area contributed by atoms with E-state index in [-0.39, 0.29) is 18.1 Å². The highest BCUT2D eigenvalue weighted by Gasteiger charge is 2.25. The van der Waals surface area contributed by atoms with E-state index >= 15 is 0 Å². The maximum atomic E-state index is 12.4. The molecule has 1 saturated heterocycles. The predicted molar refractivity (Wildman–Crippen MR) is 87.8 cm³/mol. The average Bonchev–Trinajstić information content (AvgIpc) is 3.14. The molecule has 1 aromatic heterocycles. The number of likely N-dealkylation sites (tertiary alicyclic amines) is 1. The molecule has 1 amide bonds. The lowest BCUT2D eigenvalue weighted by atomic mass is 10.1. The van der Waals surface area contributed by atoms with E-state index in [9.17, 15) is 9.59 Å². The van der Waals surface area contributed by atoms with Gasteiger partial charge in [0.25, 0.3) is 0 Å².